The number of hydrogen-bond donors (Lipinski definition) is 1. The molecular weight excluding hydrogens is 240 g/mol. The summed E-state index contributed by atoms with van der Waals surface area (Å²) >= 11 is 0. The normalized spacial score (nSPS) is 22.2. The molecule has 0 aromatic heterocycles. The molecule has 100 valence electrons. The number of nitrogens with two attached hydrogens (primary N) is 1. The second kappa shape index (κ2) is 5.82. The molecule has 1 rings (SSSR count). The van der Waals surface area contributed by atoms with Gasteiger partial charge >= 0.3 is 0 Å². The van der Waals surface area contributed by atoms with Crippen molar-refractivity contribution in [3.05, 3.63) is 0 Å². The monoisotopic (exact) mass is 262 g/mol. The summed E-state index contributed by atoms with van der Waals surface area (Å²) in [5.74, 6) is 0.490. The predicted octanol–water partition coefficient (Wildman–Crippen LogP) is 0.00690. The number of carbonyl (C=O) groups is 1. The number of amides is 1. The summed E-state index contributed by atoms with van der Waals surface area (Å²) < 4.78 is 22.8. The van der Waals surface area contributed by atoms with Gasteiger partial charge in [0.05, 0.1) is 17.5 Å². The Morgan fingerprint density at radius 2 is 1.94 bits per heavy atom. The minimum absolute atomic E-state index is 0.0626. The van der Waals surface area contributed by atoms with Crippen LogP contribution in [0, 0.1) is 5.92 Å². The second-order valence-corrected chi connectivity index (χ2v) is 7.37. The Labute approximate surface area is 103 Å². The lowest BCUT2D eigenvalue weighted by molar-refractivity contribution is -0.132. The maximum Gasteiger partial charge on any atom is 0.239 e. The summed E-state index contributed by atoms with van der Waals surface area (Å²) in [5.41, 5.74) is 5.83. The molecule has 0 aliphatic carbocycles. The molecule has 1 aliphatic heterocycles. The number of rotatable bonds is 3. The highest BCUT2D eigenvalue weighted by atomic mass is 32.2. The van der Waals surface area contributed by atoms with Gasteiger partial charge in [-0.1, -0.05) is 13.8 Å². The van der Waals surface area contributed by atoms with E-state index in [0.29, 0.717) is 25.3 Å². The van der Waals surface area contributed by atoms with E-state index in [9.17, 15) is 13.2 Å². The maximum atomic E-state index is 12.0. The van der Waals surface area contributed by atoms with Crippen LogP contribution in [0.1, 0.15) is 26.7 Å². The molecule has 1 heterocycles. The molecule has 1 saturated heterocycles. The fourth-order valence-corrected chi connectivity index (χ4v) is 3.27. The van der Waals surface area contributed by atoms with Gasteiger partial charge in [0.25, 0.3) is 0 Å². The minimum Gasteiger partial charge on any atom is -0.340 e. The van der Waals surface area contributed by atoms with Crippen molar-refractivity contribution in [2.24, 2.45) is 11.7 Å². The molecule has 0 aromatic rings. The van der Waals surface area contributed by atoms with E-state index in [1.54, 1.807) is 4.90 Å². The van der Waals surface area contributed by atoms with Crippen LogP contribution >= 0.6 is 0 Å². The molecule has 1 aliphatic rings. The molecule has 0 radical (unpaired) electrons. The van der Waals surface area contributed by atoms with E-state index in [1.807, 2.05) is 13.8 Å². The minimum atomic E-state index is -2.97. The molecule has 0 aromatic carbocycles. The Balaban J connectivity index is 2.58. The van der Waals surface area contributed by atoms with Gasteiger partial charge in [0.2, 0.25) is 5.91 Å². The van der Waals surface area contributed by atoms with Crippen LogP contribution < -0.4 is 5.73 Å². The molecule has 0 unspecified atom stereocenters. The molecule has 5 nitrogen and oxygen atoms in total. The lowest BCUT2D eigenvalue weighted by Crippen LogP contribution is -2.45. The van der Waals surface area contributed by atoms with Crippen LogP contribution in [0.3, 0.4) is 0 Å². The average Bonchev–Trinajstić information content (AvgIpc) is 2.37. The summed E-state index contributed by atoms with van der Waals surface area (Å²) in [4.78, 5) is 13.6. The quantitative estimate of drug-likeness (QED) is 0.776. The highest BCUT2D eigenvalue weighted by Crippen LogP contribution is 2.10. The van der Waals surface area contributed by atoms with E-state index < -0.39 is 15.9 Å². The number of hydrogen-bond acceptors (Lipinski definition) is 4. The van der Waals surface area contributed by atoms with Crippen LogP contribution in [0.4, 0.5) is 0 Å². The van der Waals surface area contributed by atoms with Gasteiger partial charge in [0.15, 0.2) is 9.84 Å². The maximum absolute atomic E-state index is 12.0. The fourth-order valence-electron chi connectivity index (χ4n) is 2.00. The van der Waals surface area contributed by atoms with E-state index in [-0.39, 0.29) is 24.0 Å². The third kappa shape index (κ3) is 4.63. The van der Waals surface area contributed by atoms with Crippen molar-refractivity contribution >= 4 is 15.7 Å². The van der Waals surface area contributed by atoms with E-state index in [1.165, 1.54) is 0 Å². The molecule has 0 saturated carbocycles. The van der Waals surface area contributed by atoms with E-state index in [4.69, 9.17) is 5.73 Å². The van der Waals surface area contributed by atoms with Gasteiger partial charge in [0, 0.05) is 13.1 Å². The molecule has 17 heavy (non-hydrogen) atoms. The zero-order valence-corrected chi connectivity index (χ0v) is 11.4. The van der Waals surface area contributed by atoms with Crippen LogP contribution in [0.2, 0.25) is 0 Å². The van der Waals surface area contributed by atoms with Gasteiger partial charge in [0.1, 0.15) is 0 Å². The van der Waals surface area contributed by atoms with Crippen molar-refractivity contribution < 1.29 is 13.2 Å². The van der Waals surface area contributed by atoms with Crippen molar-refractivity contribution in [2.75, 3.05) is 24.6 Å². The van der Waals surface area contributed by atoms with Gasteiger partial charge in [-0.2, -0.15) is 0 Å². The van der Waals surface area contributed by atoms with Gasteiger partial charge in [-0.15, -0.1) is 0 Å². The Kier molecular flexibility index (Phi) is 4.94. The Hall–Kier alpha value is -0.620. The topological polar surface area (TPSA) is 80.5 Å². The summed E-state index contributed by atoms with van der Waals surface area (Å²) in [6, 6.07) is -0.504. The Bertz CT molecular complexity index is 365. The van der Waals surface area contributed by atoms with Crippen LogP contribution in [0.25, 0.3) is 0 Å². The van der Waals surface area contributed by atoms with E-state index in [2.05, 4.69) is 0 Å². The highest BCUT2D eigenvalue weighted by molar-refractivity contribution is 7.91. The first-order chi connectivity index (χ1) is 7.82. The summed E-state index contributed by atoms with van der Waals surface area (Å²) in [6.45, 7) is 4.82. The van der Waals surface area contributed by atoms with Crippen LogP contribution in [-0.2, 0) is 14.6 Å². The first-order valence-electron chi connectivity index (χ1n) is 6.06. The largest absolute Gasteiger partial charge is 0.340 e. The van der Waals surface area contributed by atoms with Crippen molar-refractivity contribution in [3.63, 3.8) is 0 Å². The summed E-state index contributed by atoms with van der Waals surface area (Å²) in [7, 11) is -2.97. The number of sulfone groups is 1. The summed E-state index contributed by atoms with van der Waals surface area (Å²) in [5, 5.41) is 0. The lowest BCUT2D eigenvalue weighted by Gasteiger charge is -2.24. The second-order valence-electron chi connectivity index (χ2n) is 5.07. The zero-order chi connectivity index (χ0) is 13.1. The zero-order valence-electron chi connectivity index (χ0n) is 10.6. The predicted molar refractivity (Wildman–Crippen MR) is 67.3 cm³/mol. The van der Waals surface area contributed by atoms with Crippen molar-refractivity contribution in [1.82, 2.24) is 4.90 Å². The standard InChI is InChI=1S/C11H22N2O3S/c1-9(2)8-10(12)11(14)13-4-3-6-17(15,16)7-5-13/h9-10H,3-8,12H2,1-2H3/t10-/m0/s1. The Morgan fingerprint density at radius 1 is 1.29 bits per heavy atom. The third-order valence-corrected chi connectivity index (χ3v) is 4.63. The molecule has 1 atom stereocenters. The lowest BCUT2D eigenvalue weighted by atomic mass is 10.0. The first kappa shape index (κ1) is 14.4. The van der Waals surface area contributed by atoms with E-state index >= 15 is 0 Å². The molecule has 0 bridgehead atoms. The third-order valence-electron chi connectivity index (χ3n) is 2.91. The van der Waals surface area contributed by atoms with Crippen LogP contribution in [-0.4, -0.2) is 49.9 Å². The van der Waals surface area contributed by atoms with Crippen LogP contribution in [0.15, 0.2) is 0 Å². The van der Waals surface area contributed by atoms with Gasteiger partial charge in [-0.05, 0) is 18.8 Å². The van der Waals surface area contributed by atoms with Crippen molar-refractivity contribution in [2.45, 2.75) is 32.7 Å². The molecule has 6 heteroatoms. The van der Waals surface area contributed by atoms with Gasteiger partial charge in [-0.3, -0.25) is 4.79 Å². The SMILES string of the molecule is CC(C)C[C@H](N)C(=O)N1CCCS(=O)(=O)CC1. The van der Waals surface area contributed by atoms with Crippen LogP contribution in [0.5, 0.6) is 0 Å². The van der Waals surface area contributed by atoms with Crippen molar-refractivity contribution in [3.8, 4) is 0 Å². The first-order valence-corrected chi connectivity index (χ1v) is 7.89. The van der Waals surface area contributed by atoms with Gasteiger partial charge < -0.3 is 10.6 Å². The molecule has 1 amide bonds. The molecule has 1 fully saturated rings. The number of nitrogens with zero attached hydrogens (tertiary/aromatic N) is 1. The highest BCUT2D eigenvalue weighted by Gasteiger charge is 2.26. The number of carbonyl (C=O) groups excluding carboxylic acids is 1. The fraction of sp³-hybridized carbons (Fsp3) is 0.909. The Morgan fingerprint density at radius 3 is 2.53 bits per heavy atom. The summed E-state index contributed by atoms with van der Waals surface area (Å²) in [6.07, 6.45) is 1.16. The van der Waals surface area contributed by atoms with E-state index in [0.717, 1.165) is 0 Å². The van der Waals surface area contributed by atoms with Crippen molar-refractivity contribution in [1.29, 1.82) is 0 Å². The smallest absolute Gasteiger partial charge is 0.239 e. The molecule has 0 spiro atoms. The average molecular weight is 262 g/mol. The van der Waals surface area contributed by atoms with Gasteiger partial charge in [-0.25, -0.2) is 8.42 Å². The molecule has 2 N–H and O–H groups in total. The molecular formula is C11H22N2O3S.